The Morgan fingerprint density at radius 3 is 2.88 bits per heavy atom. The zero-order valence-corrected chi connectivity index (χ0v) is 10.6. The summed E-state index contributed by atoms with van der Waals surface area (Å²) < 4.78 is 11.6. The first kappa shape index (κ1) is 11.4. The standard InChI is InChI=1S/C11H13BrN2O2/c1-2-13-6-5-11-14-7-9(16-11)8-3-4-10(12)15-8/h3-4,7,13H,2,5-6H2,1H3. The van der Waals surface area contributed by atoms with Gasteiger partial charge in [0.25, 0.3) is 0 Å². The lowest BCUT2D eigenvalue weighted by Crippen LogP contribution is -2.16. The molecule has 0 aliphatic carbocycles. The van der Waals surface area contributed by atoms with Gasteiger partial charge in [-0.2, -0.15) is 0 Å². The van der Waals surface area contributed by atoms with Gasteiger partial charge in [-0.25, -0.2) is 4.98 Å². The van der Waals surface area contributed by atoms with E-state index in [9.17, 15) is 0 Å². The molecule has 0 saturated carbocycles. The van der Waals surface area contributed by atoms with E-state index in [1.54, 1.807) is 6.20 Å². The van der Waals surface area contributed by atoms with Gasteiger partial charge in [0.05, 0.1) is 6.20 Å². The van der Waals surface area contributed by atoms with Crippen molar-refractivity contribution >= 4 is 15.9 Å². The van der Waals surface area contributed by atoms with Gasteiger partial charge in [0.1, 0.15) is 0 Å². The minimum atomic E-state index is 0.664. The highest BCUT2D eigenvalue weighted by Gasteiger charge is 2.09. The maximum Gasteiger partial charge on any atom is 0.196 e. The number of halogens is 1. The Balaban J connectivity index is 2.02. The SMILES string of the molecule is CCNCCc1ncc(-c2ccc(Br)o2)o1. The van der Waals surface area contributed by atoms with Crippen LogP contribution in [0.15, 0.2) is 31.8 Å². The summed E-state index contributed by atoms with van der Waals surface area (Å²) in [6, 6.07) is 3.68. The Morgan fingerprint density at radius 2 is 2.19 bits per heavy atom. The van der Waals surface area contributed by atoms with Crippen LogP contribution in [0.1, 0.15) is 12.8 Å². The molecule has 2 heterocycles. The van der Waals surface area contributed by atoms with Crippen LogP contribution in [-0.2, 0) is 6.42 Å². The number of aromatic nitrogens is 1. The van der Waals surface area contributed by atoms with Crippen molar-refractivity contribution in [1.82, 2.24) is 10.3 Å². The quantitative estimate of drug-likeness (QED) is 0.858. The van der Waals surface area contributed by atoms with Gasteiger partial charge in [-0.3, -0.25) is 0 Å². The van der Waals surface area contributed by atoms with Crippen LogP contribution in [0.2, 0.25) is 0 Å². The summed E-state index contributed by atoms with van der Waals surface area (Å²) in [5.74, 6) is 2.08. The lowest BCUT2D eigenvalue weighted by atomic mass is 10.4. The van der Waals surface area contributed by atoms with E-state index in [1.165, 1.54) is 0 Å². The molecule has 0 radical (unpaired) electrons. The molecule has 16 heavy (non-hydrogen) atoms. The summed E-state index contributed by atoms with van der Waals surface area (Å²) in [7, 11) is 0. The molecule has 0 spiro atoms. The van der Waals surface area contributed by atoms with E-state index >= 15 is 0 Å². The molecule has 0 aliphatic heterocycles. The number of hydrogen-bond acceptors (Lipinski definition) is 4. The predicted molar refractivity (Wildman–Crippen MR) is 64.2 cm³/mol. The minimum Gasteiger partial charge on any atom is -0.446 e. The van der Waals surface area contributed by atoms with Gasteiger partial charge in [-0.1, -0.05) is 6.92 Å². The molecule has 0 bridgehead atoms. The highest BCUT2D eigenvalue weighted by Crippen LogP contribution is 2.25. The van der Waals surface area contributed by atoms with Crippen LogP contribution in [0.3, 0.4) is 0 Å². The summed E-state index contributed by atoms with van der Waals surface area (Å²) in [6.45, 7) is 3.90. The molecule has 0 aliphatic rings. The van der Waals surface area contributed by atoms with Crippen LogP contribution in [-0.4, -0.2) is 18.1 Å². The summed E-state index contributed by atoms with van der Waals surface area (Å²) in [5, 5.41) is 3.22. The smallest absolute Gasteiger partial charge is 0.196 e. The minimum absolute atomic E-state index is 0.664. The molecule has 2 rings (SSSR count). The van der Waals surface area contributed by atoms with Crippen molar-refractivity contribution in [2.75, 3.05) is 13.1 Å². The van der Waals surface area contributed by atoms with Gasteiger partial charge in [0.2, 0.25) is 0 Å². The Hall–Kier alpha value is -1.07. The highest BCUT2D eigenvalue weighted by atomic mass is 79.9. The van der Waals surface area contributed by atoms with Crippen molar-refractivity contribution < 1.29 is 8.83 Å². The van der Waals surface area contributed by atoms with Crippen LogP contribution in [0, 0.1) is 0 Å². The van der Waals surface area contributed by atoms with Crippen LogP contribution < -0.4 is 5.32 Å². The van der Waals surface area contributed by atoms with Crippen LogP contribution in [0.5, 0.6) is 0 Å². The number of likely N-dealkylation sites (N-methyl/N-ethyl adjacent to an activating group) is 1. The van der Waals surface area contributed by atoms with Crippen molar-refractivity contribution in [2.24, 2.45) is 0 Å². The molecule has 0 amide bonds. The monoisotopic (exact) mass is 284 g/mol. The lowest BCUT2D eigenvalue weighted by molar-refractivity contribution is 0.471. The first-order valence-corrected chi connectivity index (χ1v) is 6.00. The fourth-order valence-electron chi connectivity index (χ4n) is 1.36. The first-order chi connectivity index (χ1) is 7.79. The molecular formula is C11H13BrN2O2. The number of hydrogen-bond donors (Lipinski definition) is 1. The Kier molecular flexibility index (Phi) is 3.79. The van der Waals surface area contributed by atoms with Gasteiger partial charge in [0.15, 0.2) is 22.1 Å². The lowest BCUT2D eigenvalue weighted by Gasteiger charge is -1.96. The third-order valence-electron chi connectivity index (χ3n) is 2.14. The molecule has 5 heteroatoms. The van der Waals surface area contributed by atoms with E-state index in [4.69, 9.17) is 8.83 Å². The Morgan fingerprint density at radius 1 is 1.31 bits per heavy atom. The topological polar surface area (TPSA) is 51.2 Å². The molecule has 2 aromatic heterocycles. The summed E-state index contributed by atoms with van der Waals surface area (Å²) in [6.07, 6.45) is 2.47. The van der Waals surface area contributed by atoms with E-state index in [2.05, 4.69) is 33.2 Å². The number of oxazole rings is 1. The first-order valence-electron chi connectivity index (χ1n) is 5.20. The number of furan rings is 1. The second kappa shape index (κ2) is 5.32. The van der Waals surface area contributed by atoms with E-state index in [1.807, 2.05) is 12.1 Å². The summed E-state index contributed by atoms with van der Waals surface area (Å²) in [5.41, 5.74) is 0. The van der Waals surface area contributed by atoms with E-state index in [0.29, 0.717) is 16.2 Å². The van der Waals surface area contributed by atoms with Gasteiger partial charge < -0.3 is 14.2 Å². The van der Waals surface area contributed by atoms with Crippen LogP contribution in [0.4, 0.5) is 0 Å². The molecule has 0 saturated heterocycles. The van der Waals surface area contributed by atoms with Gasteiger partial charge in [-0.05, 0) is 34.6 Å². The second-order valence-electron chi connectivity index (χ2n) is 3.33. The number of rotatable bonds is 5. The summed E-state index contributed by atoms with van der Waals surface area (Å²) in [4.78, 5) is 4.19. The van der Waals surface area contributed by atoms with Crippen molar-refractivity contribution in [2.45, 2.75) is 13.3 Å². The number of nitrogens with one attached hydrogen (secondary N) is 1. The molecule has 4 nitrogen and oxygen atoms in total. The molecule has 0 fully saturated rings. The Bertz CT molecular complexity index is 450. The van der Waals surface area contributed by atoms with Gasteiger partial charge >= 0.3 is 0 Å². The van der Waals surface area contributed by atoms with Crippen molar-refractivity contribution in [1.29, 1.82) is 0 Å². The summed E-state index contributed by atoms with van der Waals surface area (Å²) >= 11 is 3.25. The molecular weight excluding hydrogens is 272 g/mol. The molecule has 1 N–H and O–H groups in total. The molecule has 2 aromatic rings. The van der Waals surface area contributed by atoms with E-state index in [0.717, 1.165) is 25.4 Å². The van der Waals surface area contributed by atoms with Gasteiger partial charge in [-0.15, -0.1) is 0 Å². The molecule has 0 aromatic carbocycles. The average molecular weight is 285 g/mol. The third kappa shape index (κ3) is 2.74. The van der Waals surface area contributed by atoms with Crippen LogP contribution >= 0.6 is 15.9 Å². The maximum atomic E-state index is 5.56. The van der Waals surface area contributed by atoms with Crippen molar-refractivity contribution in [3.05, 3.63) is 28.9 Å². The van der Waals surface area contributed by atoms with Crippen LogP contribution in [0.25, 0.3) is 11.5 Å². The average Bonchev–Trinajstić information content (AvgIpc) is 2.87. The zero-order valence-electron chi connectivity index (χ0n) is 9.00. The zero-order chi connectivity index (χ0) is 11.4. The fourth-order valence-corrected chi connectivity index (χ4v) is 1.67. The highest BCUT2D eigenvalue weighted by molar-refractivity contribution is 9.10. The normalized spacial score (nSPS) is 10.9. The van der Waals surface area contributed by atoms with Crippen molar-refractivity contribution in [3.8, 4) is 11.5 Å². The largest absolute Gasteiger partial charge is 0.446 e. The maximum absolute atomic E-state index is 5.56. The fraction of sp³-hybridized carbons (Fsp3) is 0.364. The predicted octanol–water partition coefficient (Wildman–Crippen LogP) is 2.85. The second-order valence-corrected chi connectivity index (χ2v) is 4.11. The third-order valence-corrected chi connectivity index (χ3v) is 2.56. The van der Waals surface area contributed by atoms with Gasteiger partial charge in [0, 0.05) is 13.0 Å². The molecule has 0 atom stereocenters. The molecule has 0 unspecified atom stereocenters. The Labute approximate surface area is 102 Å². The number of nitrogens with zero attached hydrogens (tertiary/aromatic N) is 1. The molecule has 86 valence electrons. The van der Waals surface area contributed by atoms with E-state index < -0.39 is 0 Å². The van der Waals surface area contributed by atoms with Crippen molar-refractivity contribution in [3.63, 3.8) is 0 Å². The van der Waals surface area contributed by atoms with E-state index in [-0.39, 0.29) is 0 Å².